The summed E-state index contributed by atoms with van der Waals surface area (Å²) in [6.45, 7) is 1.32. The zero-order valence-corrected chi connectivity index (χ0v) is 13.0. The van der Waals surface area contributed by atoms with Crippen LogP contribution in [0, 0.1) is 0 Å². The lowest BCUT2D eigenvalue weighted by Gasteiger charge is -2.13. The lowest BCUT2D eigenvalue weighted by molar-refractivity contribution is -0.159. The summed E-state index contributed by atoms with van der Waals surface area (Å²) in [6.07, 6.45) is 0.380. The molecular weight excluding hydrogens is 308 g/mol. The van der Waals surface area contributed by atoms with Crippen molar-refractivity contribution in [2.45, 2.75) is 13.2 Å². The fourth-order valence-corrected chi connectivity index (χ4v) is 1.40. The first kappa shape index (κ1) is 18.5. The molecule has 0 aliphatic heterocycles. The van der Waals surface area contributed by atoms with Crippen LogP contribution in [-0.4, -0.2) is 44.3 Å². The number of benzene rings is 1. The van der Waals surface area contributed by atoms with Crippen molar-refractivity contribution in [2.75, 3.05) is 21.0 Å². The zero-order chi connectivity index (χ0) is 17.2. The van der Waals surface area contributed by atoms with Gasteiger partial charge in [0.05, 0.1) is 7.11 Å². The van der Waals surface area contributed by atoms with Crippen LogP contribution < -0.4 is 4.74 Å². The number of ether oxygens (including phenoxy) is 5. The average Bonchev–Trinajstić information content (AvgIpc) is 2.54. The summed E-state index contributed by atoms with van der Waals surface area (Å²) in [6, 6.07) is 6.04. The van der Waals surface area contributed by atoms with Crippen LogP contribution in [0.25, 0.3) is 0 Å². The maximum Gasteiger partial charge on any atom is 0.375 e. The first-order chi connectivity index (χ1) is 11.0. The Morgan fingerprint density at radius 2 is 1.96 bits per heavy atom. The Morgan fingerprint density at radius 1 is 1.26 bits per heavy atom. The SMILES string of the molecule is COC=C(Oc1ccccc1C(=O)OCOC(C)OC)C(=O)O. The molecule has 0 aliphatic rings. The molecule has 0 aliphatic carbocycles. The molecule has 0 saturated carbocycles. The molecule has 1 N–H and O–H groups in total. The maximum absolute atomic E-state index is 12.0. The lowest BCUT2D eigenvalue weighted by atomic mass is 10.2. The Hall–Kier alpha value is -2.58. The van der Waals surface area contributed by atoms with E-state index in [2.05, 4.69) is 4.74 Å². The van der Waals surface area contributed by atoms with Crippen LogP contribution in [-0.2, 0) is 23.7 Å². The van der Waals surface area contributed by atoms with Crippen molar-refractivity contribution in [3.8, 4) is 5.75 Å². The highest BCUT2D eigenvalue weighted by Gasteiger charge is 2.18. The molecule has 1 rings (SSSR count). The van der Waals surface area contributed by atoms with Gasteiger partial charge in [0.1, 0.15) is 17.6 Å². The van der Waals surface area contributed by atoms with Gasteiger partial charge in [-0.1, -0.05) is 12.1 Å². The van der Waals surface area contributed by atoms with E-state index in [1.165, 1.54) is 26.4 Å². The second-order valence-corrected chi connectivity index (χ2v) is 4.14. The van der Waals surface area contributed by atoms with Crippen LogP contribution in [0.3, 0.4) is 0 Å². The number of carbonyl (C=O) groups is 2. The third kappa shape index (κ3) is 5.97. The van der Waals surface area contributed by atoms with Crippen molar-refractivity contribution in [3.05, 3.63) is 41.9 Å². The minimum Gasteiger partial charge on any atom is -0.500 e. The third-order valence-corrected chi connectivity index (χ3v) is 2.59. The van der Waals surface area contributed by atoms with Crippen molar-refractivity contribution in [3.63, 3.8) is 0 Å². The van der Waals surface area contributed by atoms with Crippen LogP contribution >= 0.6 is 0 Å². The van der Waals surface area contributed by atoms with E-state index in [9.17, 15) is 9.59 Å². The molecule has 8 heteroatoms. The zero-order valence-electron chi connectivity index (χ0n) is 13.0. The second kappa shape index (κ2) is 9.44. The summed E-state index contributed by atoms with van der Waals surface area (Å²) in [5, 5.41) is 9.00. The summed E-state index contributed by atoms with van der Waals surface area (Å²) in [5.74, 6) is -2.53. The van der Waals surface area contributed by atoms with Gasteiger partial charge in [-0.25, -0.2) is 9.59 Å². The molecule has 23 heavy (non-hydrogen) atoms. The summed E-state index contributed by atoms with van der Waals surface area (Å²) in [5.41, 5.74) is 0.0458. The second-order valence-electron chi connectivity index (χ2n) is 4.14. The fourth-order valence-electron chi connectivity index (χ4n) is 1.40. The first-order valence-corrected chi connectivity index (χ1v) is 6.54. The van der Waals surface area contributed by atoms with Gasteiger partial charge >= 0.3 is 11.9 Å². The molecule has 1 aromatic rings. The number of rotatable bonds is 9. The minimum atomic E-state index is -1.34. The number of para-hydroxylation sites is 1. The molecule has 0 bridgehead atoms. The number of carbonyl (C=O) groups excluding carboxylic acids is 1. The molecule has 1 atom stereocenters. The number of carboxylic acid groups (broad SMARTS) is 1. The van der Waals surface area contributed by atoms with Gasteiger partial charge in [-0.2, -0.15) is 0 Å². The molecule has 1 aromatic carbocycles. The quantitative estimate of drug-likeness (QED) is 0.317. The van der Waals surface area contributed by atoms with Gasteiger partial charge in [0.2, 0.25) is 5.76 Å². The Kier molecular flexibility index (Phi) is 7.58. The van der Waals surface area contributed by atoms with Gasteiger partial charge in [-0.05, 0) is 19.1 Å². The first-order valence-electron chi connectivity index (χ1n) is 6.54. The van der Waals surface area contributed by atoms with Crippen LogP contribution in [0.5, 0.6) is 5.75 Å². The Labute approximate surface area is 133 Å². The number of aliphatic carboxylic acids is 1. The van der Waals surface area contributed by atoms with E-state index in [0.29, 0.717) is 0 Å². The van der Waals surface area contributed by atoms with Crippen LogP contribution in [0.2, 0.25) is 0 Å². The van der Waals surface area contributed by atoms with E-state index in [1.54, 1.807) is 19.1 Å². The highest BCUT2D eigenvalue weighted by Crippen LogP contribution is 2.21. The molecular formula is C15H18O8. The molecule has 0 saturated heterocycles. The van der Waals surface area contributed by atoms with E-state index in [-0.39, 0.29) is 18.1 Å². The Balaban J connectivity index is 2.82. The van der Waals surface area contributed by atoms with Gasteiger partial charge in [0, 0.05) is 7.11 Å². The smallest absolute Gasteiger partial charge is 0.375 e. The molecule has 0 aromatic heterocycles. The number of methoxy groups -OCH3 is 2. The van der Waals surface area contributed by atoms with Crippen LogP contribution in [0.1, 0.15) is 17.3 Å². The highest BCUT2D eigenvalue weighted by atomic mass is 16.8. The standard InChI is InChI=1S/C15H18O8/c1-10(20-3)21-9-22-15(18)11-6-4-5-7-12(11)23-13(8-19-2)14(16)17/h4-8,10H,9H2,1-3H3,(H,16,17). The van der Waals surface area contributed by atoms with Gasteiger partial charge < -0.3 is 28.8 Å². The number of esters is 1. The number of hydrogen-bond donors (Lipinski definition) is 1. The lowest BCUT2D eigenvalue weighted by Crippen LogP contribution is -2.17. The molecule has 0 spiro atoms. The molecule has 8 nitrogen and oxygen atoms in total. The summed E-state index contributed by atoms with van der Waals surface area (Å²) >= 11 is 0. The normalized spacial score (nSPS) is 12.4. The molecule has 0 radical (unpaired) electrons. The molecule has 0 fully saturated rings. The minimum absolute atomic E-state index is 0.0167. The van der Waals surface area contributed by atoms with E-state index in [0.717, 1.165) is 6.26 Å². The largest absolute Gasteiger partial charge is 0.500 e. The van der Waals surface area contributed by atoms with E-state index >= 15 is 0 Å². The third-order valence-electron chi connectivity index (χ3n) is 2.59. The van der Waals surface area contributed by atoms with Gasteiger partial charge in [0.15, 0.2) is 13.1 Å². The molecule has 126 valence electrons. The topological polar surface area (TPSA) is 101 Å². The van der Waals surface area contributed by atoms with Crippen LogP contribution in [0.15, 0.2) is 36.3 Å². The molecule has 0 heterocycles. The van der Waals surface area contributed by atoms with Crippen molar-refractivity contribution < 1.29 is 38.4 Å². The summed E-state index contributed by atoms with van der Waals surface area (Å²) < 4.78 is 24.6. The highest BCUT2D eigenvalue weighted by molar-refractivity contribution is 5.93. The number of hydrogen-bond acceptors (Lipinski definition) is 7. The average molecular weight is 326 g/mol. The van der Waals surface area contributed by atoms with Crippen molar-refractivity contribution >= 4 is 11.9 Å². The predicted octanol–water partition coefficient (Wildman–Crippen LogP) is 1.76. The van der Waals surface area contributed by atoms with Crippen LogP contribution in [0.4, 0.5) is 0 Å². The molecule has 0 amide bonds. The van der Waals surface area contributed by atoms with Crippen molar-refractivity contribution in [1.29, 1.82) is 0 Å². The van der Waals surface area contributed by atoms with Gasteiger partial charge in [-0.3, -0.25) is 0 Å². The maximum atomic E-state index is 12.0. The van der Waals surface area contributed by atoms with Gasteiger partial charge in [0.25, 0.3) is 0 Å². The monoisotopic (exact) mass is 326 g/mol. The van der Waals surface area contributed by atoms with E-state index in [4.69, 9.17) is 24.1 Å². The number of carboxylic acids is 1. The van der Waals surface area contributed by atoms with E-state index < -0.39 is 24.0 Å². The van der Waals surface area contributed by atoms with Crippen molar-refractivity contribution in [1.82, 2.24) is 0 Å². The fraction of sp³-hybridized carbons (Fsp3) is 0.333. The van der Waals surface area contributed by atoms with Gasteiger partial charge in [-0.15, -0.1) is 0 Å². The van der Waals surface area contributed by atoms with E-state index in [1.807, 2.05) is 0 Å². The Bertz CT molecular complexity index is 566. The Morgan fingerprint density at radius 3 is 2.57 bits per heavy atom. The van der Waals surface area contributed by atoms with Crippen molar-refractivity contribution in [2.24, 2.45) is 0 Å². The summed E-state index contributed by atoms with van der Waals surface area (Å²) in [4.78, 5) is 23.1. The summed E-state index contributed by atoms with van der Waals surface area (Å²) in [7, 11) is 2.73. The molecule has 1 unspecified atom stereocenters. The predicted molar refractivity (Wildman–Crippen MR) is 77.6 cm³/mol.